The van der Waals surface area contributed by atoms with Crippen LogP contribution in [-0.4, -0.2) is 45.0 Å². The van der Waals surface area contributed by atoms with Gasteiger partial charge in [-0.2, -0.15) is 5.26 Å². The number of anilines is 1. The van der Waals surface area contributed by atoms with E-state index in [4.69, 9.17) is 0 Å². The molecule has 8 heteroatoms. The van der Waals surface area contributed by atoms with Gasteiger partial charge in [-0.15, -0.1) is 5.10 Å². The summed E-state index contributed by atoms with van der Waals surface area (Å²) in [6.07, 6.45) is 7.06. The average molecular weight is 311 g/mol. The zero-order chi connectivity index (χ0) is 16.2. The molecule has 0 radical (unpaired) electrons. The summed E-state index contributed by atoms with van der Waals surface area (Å²) < 4.78 is 1.76. The first-order valence-electron chi connectivity index (χ1n) is 7.47. The van der Waals surface area contributed by atoms with Gasteiger partial charge >= 0.3 is 0 Å². The first-order valence-corrected chi connectivity index (χ1v) is 7.47. The Hall–Kier alpha value is -2.95. The molecule has 2 aromatic heterocycles. The molecule has 3 rings (SSSR count). The fraction of sp³-hybridized carbons (Fsp3) is 0.400. The van der Waals surface area contributed by atoms with Crippen LogP contribution < -0.4 is 10.2 Å². The quantitative estimate of drug-likeness (QED) is 0.882. The molecule has 1 aliphatic heterocycles. The Morgan fingerprint density at radius 3 is 3.04 bits per heavy atom. The van der Waals surface area contributed by atoms with E-state index in [1.165, 1.54) is 0 Å². The highest BCUT2D eigenvalue weighted by Gasteiger charge is 2.36. The van der Waals surface area contributed by atoms with Crippen molar-refractivity contribution in [2.75, 3.05) is 18.0 Å². The lowest BCUT2D eigenvalue weighted by Crippen LogP contribution is -2.41. The van der Waals surface area contributed by atoms with Gasteiger partial charge in [0.1, 0.15) is 6.07 Å². The standard InChI is InChI=1S/C15H17N7O/c1-2-15(23)19-12-9-21(10-14(12)22-6-5-18-20-22)13-3-4-17-8-11(13)7-16/h3-6,8,12,14H,2,9-10H2,1H3,(H,19,23)/t12-,14+/m1/s1. The smallest absolute Gasteiger partial charge is 0.220 e. The third kappa shape index (κ3) is 2.99. The lowest BCUT2D eigenvalue weighted by Gasteiger charge is -2.19. The van der Waals surface area contributed by atoms with Crippen molar-refractivity contribution in [3.63, 3.8) is 0 Å². The van der Waals surface area contributed by atoms with E-state index in [9.17, 15) is 10.1 Å². The molecule has 3 heterocycles. The first-order chi connectivity index (χ1) is 11.2. The van der Waals surface area contributed by atoms with E-state index < -0.39 is 0 Å². The van der Waals surface area contributed by atoms with Gasteiger partial charge in [-0.3, -0.25) is 9.78 Å². The van der Waals surface area contributed by atoms with Crippen LogP contribution in [0.3, 0.4) is 0 Å². The van der Waals surface area contributed by atoms with Crippen LogP contribution >= 0.6 is 0 Å². The van der Waals surface area contributed by atoms with Crippen molar-refractivity contribution in [3.05, 3.63) is 36.4 Å². The van der Waals surface area contributed by atoms with E-state index in [2.05, 4.69) is 31.6 Å². The van der Waals surface area contributed by atoms with E-state index >= 15 is 0 Å². The summed E-state index contributed by atoms with van der Waals surface area (Å²) in [5.41, 5.74) is 1.34. The number of nitrogens with one attached hydrogen (secondary N) is 1. The molecule has 0 unspecified atom stereocenters. The molecular formula is C15H17N7O. The van der Waals surface area contributed by atoms with Gasteiger partial charge in [0, 0.05) is 38.1 Å². The van der Waals surface area contributed by atoms with Crippen molar-refractivity contribution >= 4 is 11.6 Å². The van der Waals surface area contributed by atoms with Gasteiger partial charge in [-0.25, -0.2) is 4.68 Å². The van der Waals surface area contributed by atoms with Crippen LogP contribution in [0.5, 0.6) is 0 Å². The third-order valence-electron chi connectivity index (χ3n) is 4.00. The topological polar surface area (TPSA) is 99.7 Å². The normalized spacial score (nSPS) is 20.3. The van der Waals surface area contributed by atoms with Gasteiger partial charge in [-0.1, -0.05) is 12.1 Å². The van der Waals surface area contributed by atoms with Crippen LogP contribution in [0.4, 0.5) is 5.69 Å². The third-order valence-corrected chi connectivity index (χ3v) is 4.00. The monoisotopic (exact) mass is 311 g/mol. The molecule has 1 fully saturated rings. The van der Waals surface area contributed by atoms with Crippen LogP contribution in [0.25, 0.3) is 0 Å². The highest BCUT2D eigenvalue weighted by Crippen LogP contribution is 2.28. The van der Waals surface area contributed by atoms with E-state index in [-0.39, 0.29) is 18.0 Å². The molecule has 1 amide bonds. The van der Waals surface area contributed by atoms with Gasteiger partial charge in [0.05, 0.1) is 29.5 Å². The second-order valence-electron chi connectivity index (χ2n) is 5.39. The summed E-state index contributed by atoms with van der Waals surface area (Å²) >= 11 is 0. The Bertz CT molecular complexity index is 722. The summed E-state index contributed by atoms with van der Waals surface area (Å²) in [6, 6.07) is 3.85. The second kappa shape index (κ2) is 6.44. The second-order valence-corrected chi connectivity index (χ2v) is 5.39. The number of amides is 1. The molecular weight excluding hydrogens is 294 g/mol. The maximum absolute atomic E-state index is 11.8. The Kier molecular flexibility index (Phi) is 4.19. The number of hydrogen-bond donors (Lipinski definition) is 1. The summed E-state index contributed by atoms with van der Waals surface area (Å²) in [5, 5.41) is 20.2. The van der Waals surface area contributed by atoms with Crippen molar-refractivity contribution < 1.29 is 4.79 Å². The highest BCUT2D eigenvalue weighted by atomic mass is 16.1. The van der Waals surface area contributed by atoms with Crippen LogP contribution in [-0.2, 0) is 4.79 Å². The number of carbonyl (C=O) groups is 1. The maximum atomic E-state index is 11.8. The molecule has 0 aromatic carbocycles. The molecule has 2 atom stereocenters. The van der Waals surface area contributed by atoms with Crippen LogP contribution in [0.2, 0.25) is 0 Å². The van der Waals surface area contributed by atoms with E-state index in [1.54, 1.807) is 29.5 Å². The molecule has 1 aliphatic rings. The Balaban J connectivity index is 1.88. The summed E-state index contributed by atoms with van der Waals surface area (Å²) in [5.74, 6) is -0.00259. The minimum Gasteiger partial charge on any atom is -0.366 e. The molecule has 0 saturated carbocycles. The SMILES string of the molecule is CCC(=O)N[C@@H]1CN(c2ccncc2C#N)C[C@@H]1n1ccnn1. The number of pyridine rings is 1. The number of carbonyl (C=O) groups excluding carboxylic acids is 1. The summed E-state index contributed by atoms with van der Waals surface area (Å²) in [4.78, 5) is 17.9. The molecule has 23 heavy (non-hydrogen) atoms. The number of rotatable bonds is 4. The van der Waals surface area contributed by atoms with Crippen LogP contribution in [0.1, 0.15) is 24.9 Å². The Morgan fingerprint density at radius 1 is 1.48 bits per heavy atom. The lowest BCUT2D eigenvalue weighted by molar-refractivity contribution is -0.121. The number of nitriles is 1. The van der Waals surface area contributed by atoms with E-state index in [0.29, 0.717) is 25.1 Å². The Labute approximate surface area is 133 Å². The molecule has 1 N–H and O–H groups in total. The van der Waals surface area contributed by atoms with Gasteiger partial charge < -0.3 is 10.2 Å². The van der Waals surface area contributed by atoms with Crippen LogP contribution in [0.15, 0.2) is 30.9 Å². The predicted molar refractivity (Wildman–Crippen MR) is 82.4 cm³/mol. The molecule has 0 aliphatic carbocycles. The van der Waals surface area contributed by atoms with Crippen molar-refractivity contribution in [1.29, 1.82) is 5.26 Å². The molecule has 2 aromatic rings. The molecule has 0 bridgehead atoms. The molecule has 1 saturated heterocycles. The van der Waals surface area contributed by atoms with Gasteiger partial charge in [0.15, 0.2) is 0 Å². The largest absolute Gasteiger partial charge is 0.366 e. The molecule has 0 spiro atoms. The minimum absolute atomic E-state index is 0.00259. The van der Waals surface area contributed by atoms with E-state index in [1.807, 2.05) is 13.0 Å². The van der Waals surface area contributed by atoms with Crippen molar-refractivity contribution in [2.24, 2.45) is 0 Å². The van der Waals surface area contributed by atoms with E-state index in [0.717, 1.165) is 5.69 Å². The Morgan fingerprint density at radius 2 is 2.35 bits per heavy atom. The van der Waals surface area contributed by atoms with Crippen molar-refractivity contribution in [1.82, 2.24) is 25.3 Å². The minimum atomic E-state index is -0.0936. The zero-order valence-electron chi connectivity index (χ0n) is 12.8. The van der Waals surface area contributed by atoms with Gasteiger partial charge in [0.25, 0.3) is 0 Å². The zero-order valence-corrected chi connectivity index (χ0v) is 12.8. The molecule has 8 nitrogen and oxygen atoms in total. The predicted octanol–water partition coefficient (Wildman–Crippen LogP) is 0.501. The maximum Gasteiger partial charge on any atom is 0.220 e. The number of hydrogen-bond acceptors (Lipinski definition) is 6. The highest BCUT2D eigenvalue weighted by molar-refractivity contribution is 5.76. The average Bonchev–Trinajstić information content (AvgIpc) is 3.24. The fourth-order valence-corrected chi connectivity index (χ4v) is 2.85. The molecule has 118 valence electrons. The van der Waals surface area contributed by atoms with Gasteiger partial charge in [-0.05, 0) is 6.07 Å². The number of nitrogens with zero attached hydrogens (tertiary/aromatic N) is 6. The fourth-order valence-electron chi connectivity index (χ4n) is 2.85. The summed E-state index contributed by atoms with van der Waals surface area (Å²) in [7, 11) is 0. The van der Waals surface area contributed by atoms with Crippen LogP contribution in [0, 0.1) is 11.3 Å². The van der Waals surface area contributed by atoms with Crippen molar-refractivity contribution in [2.45, 2.75) is 25.4 Å². The summed E-state index contributed by atoms with van der Waals surface area (Å²) in [6.45, 7) is 3.06. The number of aromatic nitrogens is 4. The van der Waals surface area contributed by atoms with Gasteiger partial charge in [0.2, 0.25) is 5.91 Å². The lowest BCUT2D eigenvalue weighted by atomic mass is 10.1. The first kappa shape index (κ1) is 15.0. The van der Waals surface area contributed by atoms with Crippen molar-refractivity contribution in [3.8, 4) is 6.07 Å².